The van der Waals surface area contributed by atoms with Crippen LogP contribution in [0.5, 0.6) is 0 Å². The van der Waals surface area contributed by atoms with Gasteiger partial charge in [-0.1, -0.05) is 42.2 Å². The van der Waals surface area contributed by atoms with Crippen molar-refractivity contribution in [3.8, 4) is 0 Å². The van der Waals surface area contributed by atoms with Gasteiger partial charge in [-0.25, -0.2) is 4.79 Å². The van der Waals surface area contributed by atoms with Crippen LogP contribution in [0.25, 0.3) is 0 Å². The van der Waals surface area contributed by atoms with Crippen LogP contribution in [0, 0.1) is 0 Å². The van der Waals surface area contributed by atoms with Crippen LogP contribution < -0.4 is 5.32 Å². The fraction of sp³-hybridized carbons (Fsp3) is 0.571. The number of carbonyl (C=O) groups is 2. The first-order valence-electron chi connectivity index (χ1n) is 10.3. The lowest BCUT2D eigenvalue weighted by Gasteiger charge is -2.36. The zero-order chi connectivity index (χ0) is 21.5. The Morgan fingerprint density at radius 1 is 1.13 bits per heavy atom. The van der Waals surface area contributed by atoms with Gasteiger partial charge in [0.05, 0.1) is 18.0 Å². The van der Waals surface area contributed by atoms with Crippen LogP contribution in [0.15, 0.2) is 30.3 Å². The molecule has 2 amide bonds. The average Bonchev–Trinajstić information content (AvgIpc) is 2.72. The fourth-order valence-corrected chi connectivity index (χ4v) is 4.63. The van der Waals surface area contributed by atoms with Crippen LogP contribution in [-0.2, 0) is 14.3 Å². The monoisotopic (exact) mass is 451 g/mol. The van der Waals surface area contributed by atoms with Crippen molar-refractivity contribution >= 4 is 46.0 Å². The summed E-state index contributed by atoms with van der Waals surface area (Å²) < 4.78 is 12.0. The Morgan fingerprint density at radius 3 is 2.40 bits per heavy atom. The van der Waals surface area contributed by atoms with Crippen LogP contribution in [0.3, 0.4) is 0 Å². The highest BCUT2D eigenvalue weighted by atomic mass is 32.2. The number of thiocarbonyl (C=S) groups is 1. The lowest BCUT2D eigenvalue weighted by Crippen LogP contribution is -2.47. The number of nitrogens with one attached hydrogen (secondary N) is 1. The Labute approximate surface area is 187 Å². The minimum absolute atomic E-state index is 0.124. The Bertz CT molecular complexity index is 731. The van der Waals surface area contributed by atoms with Gasteiger partial charge in [-0.2, -0.15) is 0 Å². The number of benzene rings is 1. The molecule has 2 heterocycles. The number of morpholine rings is 1. The molecule has 2 fully saturated rings. The number of urea groups is 1. The molecule has 1 N–H and O–H groups in total. The van der Waals surface area contributed by atoms with E-state index < -0.39 is 0 Å². The Hall–Kier alpha value is -1.84. The normalized spacial score (nSPS) is 22.5. The summed E-state index contributed by atoms with van der Waals surface area (Å²) in [6.45, 7) is 6.66. The maximum absolute atomic E-state index is 12.3. The van der Waals surface area contributed by atoms with Gasteiger partial charge < -0.3 is 24.6 Å². The Morgan fingerprint density at radius 2 is 1.77 bits per heavy atom. The van der Waals surface area contributed by atoms with Crippen LogP contribution in [0.2, 0.25) is 0 Å². The molecular formula is C21H29N3O4S2. The smallest absolute Gasteiger partial charge is 0.321 e. The molecule has 2 atom stereocenters. The van der Waals surface area contributed by atoms with E-state index in [-0.39, 0.29) is 36.1 Å². The van der Waals surface area contributed by atoms with Gasteiger partial charge in [-0.3, -0.25) is 4.79 Å². The SMILES string of the molecule is C[C@@H]1CN(C(=S)SCC(=O)OC2CCN(C(=O)Nc3ccccc3)CC2)C[C@H](C)O1. The predicted octanol–water partition coefficient (Wildman–Crippen LogP) is 3.35. The third-order valence-electron chi connectivity index (χ3n) is 5.04. The molecule has 30 heavy (non-hydrogen) atoms. The van der Waals surface area contributed by atoms with Crippen molar-refractivity contribution in [3.05, 3.63) is 30.3 Å². The number of hydrogen-bond acceptors (Lipinski definition) is 6. The van der Waals surface area contributed by atoms with Gasteiger partial charge in [0.1, 0.15) is 10.4 Å². The number of carbonyl (C=O) groups excluding carboxylic acids is 2. The molecule has 164 valence electrons. The first kappa shape index (κ1) is 22.8. The highest BCUT2D eigenvalue weighted by molar-refractivity contribution is 8.23. The molecule has 1 aromatic carbocycles. The summed E-state index contributed by atoms with van der Waals surface area (Å²) >= 11 is 6.82. The van der Waals surface area contributed by atoms with Crippen molar-refractivity contribution in [3.63, 3.8) is 0 Å². The van der Waals surface area contributed by atoms with E-state index in [1.165, 1.54) is 11.8 Å². The van der Waals surface area contributed by atoms with E-state index in [2.05, 4.69) is 10.2 Å². The summed E-state index contributed by atoms with van der Waals surface area (Å²) in [4.78, 5) is 28.4. The minimum atomic E-state index is -0.260. The van der Waals surface area contributed by atoms with Gasteiger partial charge in [-0.15, -0.1) is 0 Å². The van der Waals surface area contributed by atoms with Crippen molar-refractivity contribution in [2.24, 2.45) is 0 Å². The molecule has 0 radical (unpaired) electrons. The second-order valence-electron chi connectivity index (χ2n) is 7.69. The number of thioether (sulfide) groups is 1. The lowest BCUT2D eigenvalue weighted by molar-refractivity contribution is -0.147. The number of hydrogen-bond donors (Lipinski definition) is 1. The van der Waals surface area contributed by atoms with E-state index in [0.717, 1.165) is 18.8 Å². The van der Waals surface area contributed by atoms with E-state index in [9.17, 15) is 9.59 Å². The Kier molecular flexibility index (Phi) is 8.35. The number of likely N-dealkylation sites (tertiary alicyclic amines) is 1. The molecule has 1 aromatic rings. The van der Waals surface area contributed by atoms with Gasteiger partial charge in [0.25, 0.3) is 0 Å². The lowest BCUT2D eigenvalue weighted by atomic mass is 10.1. The van der Waals surface area contributed by atoms with Gasteiger partial charge in [0.2, 0.25) is 0 Å². The minimum Gasteiger partial charge on any atom is -0.462 e. The third kappa shape index (κ3) is 6.85. The summed E-state index contributed by atoms with van der Waals surface area (Å²) in [6, 6.07) is 9.25. The third-order valence-corrected chi connectivity index (χ3v) is 6.54. The van der Waals surface area contributed by atoms with E-state index in [0.29, 0.717) is 30.3 Å². The first-order valence-corrected chi connectivity index (χ1v) is 11.7. The molecule has 2 aliphatic heterocycles. The van der Waals surface area contributed by atoms with Crippen molar-refractivity contribution in [1.29, 1.82) is 0 Å². The zero-order valence-corrected chi connectivity index (χ0v) is 19.0. The number of anilines is 1. The number of amides is 2. The Balaban J connectivity index is 1.35. The molecule has 3 rings (SSSR count). The maximum Gasteiger partial charge on any atom is 0.321 e. The molecule has 9 heteroatoms. The van der Waals surface area contributed by atoms with Gasteiger partial charge >= 0.3 is 12.0 Å². The zero-order valence-electron chi connectivity index (χ0n) is 17.4. The molecule has 0 unspecified atom stereocenters. The topological polar surface area (TPSA) is 71.1 Å². The van der Waals surface area contributed by atoms with Gasteiger partial charge in [-0.05, 0) is 26.0 Å². The van der Waals surface area contributed by atoms with Crippen molar-refractivity contribution in [2.45, 2.75) is 45.0 Å². The molecule has 2 aliphatic rings. The number of ether oxygens (including phenoxy) is 2. The molecule has 7 nitrogen and oxygen atoms in total. The number of esters is 1. The summed E-state index contributed by atoms with van der Waals surface area (Å²) in [6.07, 6.45) is 1.38. The van der Waals surface area contributed by atoms with E-state index in [1.807, 2.05) is 44.2 Å². The van der Waals surface area contributed by atoms with Crippen molar-refractivity contribution < 1.29 is 19.1 Å². The molecule has 0 aromatic heterocycles. The van der Waals surface area contributed by atoms with Crippen LogP contribution in [0.1, 0.15) is 26.7 Å². The highest BCUT2D eigenvalue weighted by Crippen LogP contribution is 2.19. The first-order chi connectivity index (χ1) is 14.4. The fourth-order valence-electron chi connectivity index (χ4n) is 3.66. The largest absolute Gasteiger partial charge is 0.462 e. The summed E-state index contributed by atoms with van der Waals surface area (Å²) in [5, 5.41) is 2.89. The standard InChI is InChI=1S/C21H29N3O4S2/c1-15-12-24(13-16(2)27-15)21(29)30-14-19(25)28-18-8-10-23(11-9-18)20(26)22-17-6-4-3-5-7-17/h3-7,15-16,18H,8-14H2,1-2H3,(H,22,26)/t15-,16+. The number of nitrogens with zero attached hydrogens (tertiary/aromatic N) is 2. The number of rotatable bonds is 4. The van der Waals surface area contributed by atoms with Gasteiger partial charge in [0.15, 0.2) is 0 Å². The maximum atomic E-state index is 12.3. The molecular weight excluding hydrogens is 422 g/mol. The highest BCUT2D eigenvalue weighted by Gasteiger charge is 2.27. The molecule has 0 aliphatic carbocycles. The van der Waals surface area contributed by atoms with Gasteiger partial charge in [0, 0.05) is 44.7 Å². The van der Waals surface area contributed by atoms with Crippen LogP contribution in [-0.4, -0.2) is 76.4 Å². The van der Waals surface area contributed by atoms with Crippen molar-refractivity contribution in [1.82, 2.24) is 9.80 Å². The van der Waals surface area contributed by atoms with Crippen LogP contribution in [0.4, 0.5) is 10.5 Å². The molecule has 0 saturated carbocycles. The molecule has 2 saturated heterocycles. The number of piperidine rings is 1. The van der Waals surface area contributed by atoms with Crippen LogP contribution >= 0.6 is 24.0 Å². The van der Waals surface area contributed by atoms with E-state index >= 15 is 0 Å². The molecule has 0 spiro atoms. The second-order valence-corrected chi connectivity index (χ2v) is 9.30. The van der Waals surface area contributed by atoms with Crippen molar-refractivity contribution in [2.75, 3.05) is 37.2 Å². The summed E-state index contributed by atoms with van der Waals surface area (Å²) in [7, 11) is 0. The quantitative estimate of drug-likeness (QED) is 0.556. The molecule has 0 bridgehead atoms. The summed E-state index contributed by atoms with van der Waals surface area (Å²) in [5.74, 6) is -0.0582. The van der Waals surface area contributed by atoms with E-state index in [1.54, 1.807) is 4.90 Å². The van der Waals surface area contributed by atoms with E-state index in [4.69, 9.17) is 21.7 Å². The second kappa shape index (κ2) is 11.0. The average molecular weight is 452 g/mol. The summed E-state index contributed by atoms with van der Waals surface area (Å²) in [5.41, 5.74) is 0.771. The predicted molar refractivity (Wildman–Crippen MR) is 123 cm³/mol. The number of para-hydroxylation sites is 1.